The number of hydrogen-bond acceptors (Lipinski definition) is 4. The molecule has 34 heavy (non-hydrogen) atoms. The third-order valence-electron chi connectivity index (χ3n) is 6.67. The van der Waals surface area contributed by atoms with Gasteiger partial charge in [0.15, 0.2) is 0 Å². The molecule has 4 heteroatoms. The first-order chi connectivity index (χ1) is 16.6. The molecule has 0 aromatic heterocycles. The lowest BCUT2D eigenvalue weighted by molar-refractivity contribution is 0.183. The number of benzene rings is 4. The van der Waals surface area contributed by atoms with Crippen LogP contribution in [0, 0.1) is 0 Å². The quantitative estimate of drug-likeness (QED) is 0.341. The molecule has 4 aromatic carbocycles. The Labute approximate surface area is 201 Å². The lowest BCUT2D eigenvalue weighted by Gasteiger charge is -2.26. The second-order valence-electron chi connectivity index (χ2n) is 9.16. The Morgan fingerprint density at radius 1 is 0.706 bits per heavy atom. The molecule has 1 heterocycles. The van der Waals surface area contributed by atoms with Gasteiger partial charge in [-0.1, -0.05) is 42.8 Å². The van der Waals surface area contributed by atoms with E-state index in [4.69, 9.17) is 4.74 Å². The average Bonchev–Trinajstić information content (AvgIpc) is 2.86. The van der Waals surface area contributed by atoms with Gasteiger partial charge >= 0.3 is 0 Å². The molecule has 174 valence electrons. The van der Waals surface area contributed by atoms with Gasteiger partial charge in [0.05, 0.1) is 0 Å². The van der Waals surface area contributed by atoms with Gasteiger partial charge in [0.1, 0.15) is 23.9 Å². The Kier molecular flexibility index (Phi) is 6.68. The van der Waals surface area contributed by atoms with Crippen LogP contribution in [0.1, 0.15) is 30.4 Å². The molecule has 4 nitrogen and oxygen atoms in total. The van der Waals surface area contributed by atoms with Crippen LogP contribution in [0.4, 0.5) is 0 Å². The van der Waals surface area contributed by atoms with Gasteiger partial charge in [-0.3, -0.25) is 4.90 Å². The van der Waals surface area contributed by atoms with E-state index >= 15 is 0 Å². The maximum Gasteiger partial charge on any atom is 0.119 e. The lowest BCUT2D eigenvalue weighted by Crippen LogP contribution is -2.33. The Bertz CT molecular complexity index is 1260. The van der Waals surface area contributed by atoms with Crippen molar-refractivity contribution < 1.29 is 14.9 Å². The predicted molar refractivity (Wildman–Crippen MR) is 138 cm³/mol. The standard InChI is InChI=1S/C30H31NO3/c32-27-9-8-23-19-25(7-6-24(23)20-27)30-13-10-28(33)21-26(30)18-22-4-11-29(12-5-22)34-17-16-31-14-2-1-3-15-31/h4-13,19-21,32-33H,1-3,14-18H2. The number of fused-ring (bicyclic) bond motifs is 1. The molecule has 0 saturated carbocycles. The fourth-order valence-corrected chi connectivity index (χ4v) is 4.81. The minimum atomic E-state index is 0.266. The van der Waals surface area contributed by atoms with Crippen molar-refractivity contribution in [2.45, 2.75) is 25.7 Å². The number of likely N-dealkylation sites (tertiary alicyclic amines) is 1. The minimum absolute atomic E-state index is 0.266. The van der Waals surface area contributed by atoms with E-state index in [0.29, 0.717) is 6.42 Å². The SMILES string of the molecule is Oc1ccc(-c2ccc3cc(O)ccc3c2)c(Cc2ccc(OCCN3CCCCC3)cc2)c1. The molecule has 0 atom stereocenters. The second-order valence-corrected chi connectivity index (χ2v) is 9.16. The summed E-state index contributed by atoms with van der Waals surface area (Å²) in [7, 11) is 0. The molecule has 0 aliphatic carbocycles. The molecular weight excluding hydrogens is 422 g/mol. The summed E-state index contributed by atoms with van der Waals surface area (Å²) in [5.41, 5.74) is 4.42. The molecule has 0 bridgehead atoms. The van der Waals surface area contributed by atoms with Crippen molar-refractivity contribution in [2.75, 3.05) is 26.2 Å². The van der Waals surface area contributed by atoms with Gasteiger partial charge in [0.2, 0.25) is 0 Å². The number of ether oxygens (including phenoxy) is 1. The smallest absolute Gasteiger partial charge is 0.119 e. The highest BCUT2D eigenvalue weighted by atomic mass is 16.5. The van der Waals surface area contributed by atoms with Gasteiger partial charge in [-0.05, 0) is 108 Å². The maximum absolute atomic E-state index is 10.2. The van der Waals surface area contributed by atoms with E-state index in [-0.39, 0.29) is 11.5 Å². The van der Waals surface area contributed by atoms with E-state index < -0.39 is 0 Å². The van der Waals surface area contributed by atoms with Crippen molar-refractivity contribution in [2.24, 2.45) is 0 Å². The highest BCUT2D eigenvalue weighted by Gasteiger charge is 2.11. The van der Waals surface area contributed by atoms with Crippen molar-refractivity contribution in [3.05, 3.63) is 90.0 Å². The van der Waals surface area contributed by atoms with E-state index in [9.17, 15) is 10.2 Å². The summed E-state index contributed by atoms with van der Waals surface area (Å²) in [6.07, 6.45) is 4.67. The molecular formula is C30H31NO3. The first-order valence-corrected chi connectivity index (χ1v) is 12.1. The zero-order valence-corrected chi connectivity index (χ0v) is 19.4. The van der Waals surface area contributed by atoms with Crippen LogP contribution in [0.3, 0.4) is 0 Å². The summed E-state index contributed by atoms with van der Waals surface area (Å²) >= 11 is 0. The summed E-state index contributed by atoms with van der Waals surface area (Å²) in [4.78, 5) is 2.48. The van der Waals surface area contributed by atoms with Gasteiger partial charge < -0.3 is 14.9 Å². The summed E-state index contributed by atoms with van der Waals surface area (Å²) in [6, 6.07) is 25.5. The highest BCUT2D eigenvalue weighted by Crippen LogP contribution is 2.32. The van der Waals surface area contributed by atoms with Gasteiger partial charge in [-0.2, -0.15) is 0 Å². The Morgan fingerprint density at radius 2 is 1.41 bits per heavy atom. The van der Waals surface area contributed by atoms with Crippen molar-refractivity contribution in [3.63, 3.8) is 0 Å². The van der Waals surface area contributed by atoms with Crippen molar-refractivity contribution in [3.8, 4) is 28.4 Å². The molecule has 2 N–H and O–H groups in total. The monoisotopic (exact) mass is 453 g/mol. The number of hydrogen-bond donors (Lipinski definition) is 2. The van der Waals surface area contributed by atoms with Crippen LogP contribution in [0.15, 0.2) is 78.9 Å². The second kappa shape index (κ2) is 10.2. The lowest BCUT2D eigenvalue weighted by atomic mass is 9.93. The molecule has 0 radical (unpaired) electrons. The van der Waals surface area contributed by atoms with Crippen molar-refractivity contribution in [1.82, 2.24) is 4.90 Å². The van der Waals surface area contributed by atoms with Crippen LogP contribution in [-0.2, 0) is 6.42 Å². The van der Waals surface area contributed by atoms with E-state index in [1.807, 2.05) is 36.4 Å². The topological polar surface area (TPSA) is 52.9 Å². The van der Waals surface area contributed by atoms with Crippen LogP contribution in [-0.4, -0.2) is 41.4 Å². The van der Waals surface area contributed by atoms with Crippen molar-refractivity contribution in [1.29, 1.82) is 0 Å². The van der Waals surface area contributed by atoms with Gasteiger partial charge in [0, 0.05) is 6.54 Å². The van der Waals surface area contributed by atoms with Gasteiger partial charge in [0.25, 0.3) is 0 Å². The molecule has 1 aliphatic heterocycles. The number of rotatable bonds is 7. The van der Waals surface area contributed by atoms with E-state index in [0.717, 1.165) is 46.4 Å². The minimum Gasteiger partial charge on any atom is -0.508 e. The molecule has 1 aliphatic rings. The Hall–Kier alpha value is -3.50. The van der Waals surface area contributed by atoms with Crippen LogP contribution in [0.5, 0.6) is 17.2 Å². The fourth-order valence-electron chi connectivity index (χ4n) is 4.81. The number of phenols is 2. The van der Waals surface area contributed by atoms with Gasteiger partial charge in [-0.15, -0.1) is 0 Å². The molecule has 0 amide bonds. The molecule has 1 saturated heterocycles. The fraction of sp³-hybridized carbons (Fsp3) is 0.267. The average molecular weight is 454 g/mol. The summed E-state index contributed by atoms with van der Waals surface area (Å²) in [5, 5.41) is 22.0. The first-order valence-electron chi connectivity index (χ1n) is 12.1. The zero-order chi connectivity index (χ0) is 23.3. The summed E-state index contributed by atoms with van der Waals surface area (Å²) < 4.78 is 5.98. The van der Waals surface area contributed by atoms with E-state index in [2.05, 4.69) is 29.2 Å². The molecule has 5 rings (SSSR count). The van der Waals surface area contributed by atoms with E-state index in [1.165, 1.54) is 37.9 Å². The maximum atomic E-state index is 10.2. The summed E-state index contributed by atoms with van der Waals surface area (Å²) in [6.45, 7) is 4.08. The Balaban J connectivity index is 1.29. The molecule has 1 fully saturated rings. The zero-order valence-electron chi connectivity index (χ0n) is 19.4. The molecule has 4 aromatic rings. The number of piperidine rings is 1. The third-order valence-corrected chi connectivity index (χ3v) is 6.67. The number of phenolic OH excluding ortho intramolecular Hbond substituents is 2. The van der Waals surface area contributed by atoms with Crippen molar-refractivity contribution >= 4 is 10.8 Å². The van der Waals surface area contributed by atoms with Crippen LogP contribution in [0.2, 0.25) is 0 Å². The number of aromatic hydroxyl groups is 2. The largest absolute Gasteiger partial charge is 0.508 e. The number of nitrogens with zero attached hydrogens (tertiary/aromatic N) is 1. The van der Waals surface area contributed by atoms with Crippen LogP contribution >= 0.6 is 0 Å². The third kappa shape index (κ3) is 5.35. The normalized spacial score (nSPS) is 14.4. The first kappa shape index (κ1) is 22.3. The molecule has 0 unspecified atom stereocenters. The van der Waals surface area contributed by atoms with E-state index in [1.54, 1.807) is 18.2 Å². The molecule has 0 spiro atoms. The highest BCUT2D eigenvalue weighted by molar-refractivity contribution is 5.89. The summed E-state index contributed by atoms with van der Waals surface area (Å²) in [5.74, 6) is 1.43. The van der Waals surface area contributed by atoms with Gasteiger partial charge in [-0.25, -0.2) is 0 Å². The predicted octanol–water partition coefficient (Wildman–Crippen LogP) is 6.37. The van der Waals surface area contributed by atoms with Crippen LogP contribution < -0.4 is 4.74 Å². The Morgan fingerprint density at radius 3 is 2.24 bits per heavy atom. The van der Waals surface area contributed by atoms with Crippen LogP contribution in [0.25, 0.3) is 21.9 Å².